The molecule has 1 fully saturated rings. The third-order valence-electron chi connectivity index (χ3n) is 4.20. The van der Waals surface area contributed by atoms with E-state index in [2.05, 4.69) is 48.1 Å². The van der Waals surface area contributed by atoms with Gasteiger partial charge in [0, 0.05) is 32.5 Å². The predicted molar refractivity (Wildman–Crippen MR) is 87.0 cm³/mol. The van der Waals surface area contributed by atoms with Crippen LogP contribution in [0.5, 0.6) is 0 Å². The van der Waals surface area contributed by atoms with Crippen LogP contribution < -0.4 is 5.32 Å². The van der Waals surface area contributed by atoms with Crippen LogP contribution in [-0.2, 0) is 4.74 Å². The Labute approximate surface area is 132 Å². The summed E-state index contributed by atoms with van der Waals surface area (Å²) >= 11 is 0. The number of aliphatic imine (C=N–C) groups is 1. The second-order valence-electron chi connectivity index (χ2n) is 7.21. The zero-order valence-corrected chi connectivity index (χ0v) is 14.0. The average Bonchev–Trinajstić information content (AvgIpc) is 2.91. The molecule has 1 N–H and O–H groups in total. The Kier molecular flexibility index (Phi) is 4.12. The SMILES string of the molecule is CN1CCCN=C1NC1CC(OC(C)(C)C)C1n1cccn1. The van der Waals surface area contributed by atoms with Gasteiger partial charge in [0.05, 0.1) is 23.8 Å². The van der Waals surface area contributed by atoms with Gasteiger partial charge < -0.3 is 15.0 Å². The lowest BCUT2D eigenvalue weighted by Gasteiger charge is -2.48. The molecule has 122 valence electrons. The number of nitrogens with zero attached hydrogens (tertiary/aromatic N) is 4. The summed E-state index contributed by atoms with van der Waals surface area (Å²) < 4.78 is 8.22. The maximum atomic E-state index is 6.20. The van der Waals surface area contributed by atoms with Crippen LogP contribution in [0.25, 0.3) is 0 Å². The van der Waals surface area contributed by atoms with Gasteiger partial charge in [0.25, 0.3) is 0 Å². The Morgan fingerprint density at radius 1 is 1.36 bits per heavy atom. The van der Waals surface area contributed by atoms with E-state index >= 15 is 0 Å². The highest BCUT2D eigenvalue weighted by molar-refractivity contribution is 5.80. The van der Waals surface area contributed by atoms with Crippen molar-refractivity contribution in [1.29, 1.82) is 0 Å². The molecule has 1 aliphatic heterocycles. The monoisotopic (exact) mass is 305 g/mol. The van der Waals surface area contributed by atoms with Crippen molar-refractivity contribution >= 4 is 5.96 Å². The van der Waals surface area contributed by atoms with Crippen LogP contribution in [0.1, 0.15) is 39.7 Å². The molecule has 1 saturated carbocycles. The van der Waals surface area contributed by atoms with Gasteiger partial charge in [0.15, 0.2) is 5.96 Å². The van der Waals surface area contributed by atoms with Crippen molar-refractivity contribution < 1.29 is 4.74 Å². The lowest BCUT2D eigenvalue weighted by Crippen LogP contribution is -2.60. The van der Waals surface area contributed by atoms with Gasteiger partial charge in [-0.3, -0.25) is 9.67 Å². The molecule has 3 atom stereocenters. The Hall–Kier alpha value is -1.56. The molecule has 1 aromatic rings. The average molecular weight is 305 g/mol. The molecule has 2 aliphatic rings. The molecule has 0 bridgehead atoms. The van der Waals surface area contributed by atoms with Gasteiger partial charge in [-0.25, -0.2) is 0 Å². The van der Waals surface area contributed by atoms with Crippen molar-refractivity contribution in [2.45, 2.75) is 57.4 Å². The third kappa shape index (κ3) is 3.27. The van der Waals surface area contributed by atoms with Gasteiger partial charge in [0.1, 0.15) is 0 Å². The molecule has 6 nitrogen and oxygen atoms in total. The quantitative estimate of drug-likeness (QED) is 0.923. The van der Waals surface area contributed by atoms with Gasteiger partial charge >= 0.3 is 0 Å². The topological polar surface area (TPSA) is 54.7 Å². The summed E-state index contributed by atoms with van der Waals surface area (Å²) in [6, 6.07) is 2.49. The van der Waals surface area contributed by atoms with E-state index in [-0.39, 0.29) is 17.7 Å². The Bertz CT molecular complexity index is 519. The minimum atomic E-state index is -0.139. The molecule has 3 unspecified atom stereocenters. The number of hydrogen-bond acceptors (Lipinski definition) is 5. The largest absolute Gasteiger partial charge is 0.370 e. The first-order chi connectivity index (χ1) is 10.4. The van der Waals surface area contributed by atoms with Gasteiger partial charge in [-0.2, -0.15) is 5.10 Å². The standard InChI is InChI=1S/C16H27N5O/c1-16(2,3)22-13-11-12(14(13)21-10-6-8-18-21)19-15-17-7-5-9-20(15)4/h6,8,10,12-14H,5,7,9,11H2,1-4H3,(H,17,19). The van der Waals surface area contributed by atoms with Crippen LogP contribution in [0.3, 0.4) is 0 Å². The number of nitrogens with one attached hydrogen (secondary N) is 1. The van der Waals surface area contributed by atoms with E-state index in [0.29, 0.717) is 6.04 Å². The maximum Gasteiger partial charge on any atom is 0.193 e. The second kappa shape index (κ2) is 5.91. The maximum absolute atomic E-state index is 6.20. The number of guanidine groups is 1. The molecule has 6 heteroatoms. The first-order valence-corrected chi connectivity index (χ1v) is 8.13. The van der Waals surface area contributed by atoms with Crippen molar-refractivity contribution in [3.05, 3.63) is 18.5 Å². The lowest BCUT2D eigenvalue weighted by molar-refractivity contribution is -0.132. The molecular weight excluding hydrogens is 278 g/mol. The van der Waals surface area contributed by atoms with Gasteiger partial charge in [-0.05, 0) is 39.7 Å². The van der Waals surface area contributed by atoms with Crippen LogP contribution in [0, 0.1) is 0 Å². The normalized spacial score (nSPS) is 29.0. The third-order valence-corrected chi connectivity index (χ3v) is 4.20. The second-order valence-corrected chi connectivity index (χ2v) is 7.21. The van der Waals surface area contributed by atoms with E-state index in [1.54, 1.807) is 0 Å². The van der Waals surface area contributed by atoms with E-state index in [1.165, 1.54) is 0 Å². The number of ether oxygens (including phenoxy) is 1. The molecule has 0 spiro atoms. The van der Waals surface area contributed by atoms with Crippen LogP contribution in [-0.4, -0.2) is 58.5 Å². The summed E-state index contributed by atoms with van der Waals surface area (Å²) in [6.07, 6.45) is 6.14. The molecule has 3 rings (SSSR count). The van der Waals surface area contributed by atoms with E-state index in [0.717, 1.165) is 31.9 Å². The fourth-order valence-electron chi connectivity index (χ4n) is 3.16. The summed E-state index contributed by atoms with van der Waals surface area (Å²) in [6.45, 7) is 8.29. The smallest absolute Gasteiger partial charge is 0.193 e. The highest BCUT2D eigenvalue weighted by Crippen LogP contribution is 2.37. The van der Waals surface area contributed by atoms with Gasteiger partial charge in [-0.15, -0.1) is 0 Å². The van der Waals surface area contributed by atoms with Crippen LogP contribution in [0.4, 0.5) is 0 Å². The molecule has 0 aromatic carbocycles. The number of rotatable bonds is 3. The first-order valence-electron chi connectivity index (χ1n) is 8.13. The molecular formula is C16H27N5O. The lowest BCUT2D eigenvalue weighted by atomic mass is 9.82. The highest BCUT2D eigenvalue weighted by atomic mass is 16.5. The molecule has 0 amide bonds. The summed E-state index contributed by atoms with van der Waals surface area (Å²) in [5, 5.41) is 8.02. The van der Waals surface area contributed by atoms with Crippen LogP contribution in [0.15, 0.2) is 23.5 Å². The predicted octanol–water partition coefficient (Wildman–Crippen LogP) is 1.66. The Morgan fingerprint density at radius 3 is 2.82 bits per heavy atom. The molecule has 0 radical (unpaired) electrons. The summed E-state index contributed by atoms with van der Waals surface area (Å²) in [5.74, 6) is 1.00. The van der Waals surface area contributed by atoms with Gasteiger partial charge in [0.2, 0.25) is 0 Å². The van der Waals surface area contributed by atoms with E-state index < -0.39 is 0 Å². The highest BCUT2D eigenvalue weighted by Gasteiger charge is 2.46. The van der Waals surface area contributed by atoms with E-state index in [4.69, 9.17) is 4.74 Å². The van der Waals surface area contributed by atoms with Gasteiger partial charge in [-0.1, -0.05) is 0 Å². The fourth-order valence-corrected chi connectivity index (χ4v) is 3.16. The van der Waals surface area contributed by atoms with E-state index in [9.17, 15) is 0 Å². The zero-order chi connectivity index (χ0) is 15.7. The molecule has 2 heterocycles. The Balaban J connectivity index is 1.70. The summed E-state index contributed by atoms with van der Waals surface area (Å²) in [4.78, 5) is 6.80. The zero-order valence-electron chi connectivity index (χ0n) is 14.0. The minimum absolute atomic E-state index is 0.139. The molecule has 1 aromatic heterocycles. The first kappa shape index (κ1) is 15.3. The number of hydrogen-bond donors (Lipinski definition) is 1. The van der Waals surface area contributed by atoms with Crippen LogP contribution >= 0.6 is 0 Å². The van der Waals surface area contributed by atoms with Crippen molar-refractivity contribution in [3.8, 4) is 0 Å². The molecule has 22 heavy (non-hydrogen) atoms. The minimum Gasteiger partial charge on any atom is -0.370 e. The van der Waals surface area contributed by atoms with E-state index in [1.807, 2.05) is 23.1 Å². The Morgan fingerprint density at radius 2 is 2.18 bits per heavy atom. The summed E-state index contributed by atoms with van der Waals surface area (Å²) in [7, 11) is 2.09. The van der Waals surface area contributed by atoms with Crippen molar-refractivity contribution in [2.24, 2.45) is 4.99 Å². The molecule has 1 aliphatic carbocycles. The number of aromatic nitrogens is 2. The van der Waals surface area contributed by atoms with Crippen molar-refractivity contribution in [3.63, 3.8) is 0 Å². The van der Waals surface area contributed by atoms with Crippen LogP contribution in [0.2, 0.25) is 0 Å². The van der Waals surface area contributed by atoms with Crippen molar-refractivity contribution in [2.75, 3.05) is 20.1 Å². The summed E-state index contributed by atoms with van der Waals surface area (Å²) in [5.41, 5.74) is -0.139. The fraction of sp³-hybridized carbons (Fsp3) is 0.750. The van der Waals surface area contributed by atoms with Crippen molar-refractivity contribution in [1.82, 2.24) is 20.0 Å². The molecule has 0 saturated heterocycles.